The maximum atomic E-state index is 6.06. The first-order valence-electron chi connectivity index (χ1n) is 5.75. The number of hydrogen-bond donors (Lipinski definition) is 1. The SMILES string of the molecule is Cc1cc(N)c(Cl)cc1N(C)CC1CC1C. The highest BCUT2D eigenvalue weighted by molar-refractivity contribution is 6.33. The molecule has 0 heterocycles. The molecular formula is C13H19ClN2. The standard InChI is InChI=1S/C13H19ClN2/c1-8-4-10(8)7-16(3)13-6-11(14)12(15)5-9(13)2/h5-6,8,10H,4,7,15H2,1-3H3. The van der Waals surface area contributed by atoms with E-state index >= 15 is 0 Å². The Balaban J connectivity index is 2.15. The predicted octanol–water partition coefficient (Wildman–Crippen LogP) is 3.32. The van der Waals surface area contributed by atoms with Crippen molar-refractivity contribution in [2.45, 2.75) is 20.3 Å². The summed E-state index contributed by atoms with van der Waals surface area (Å²) in [5.41, 5.74) is 8.82. The topological polar surface area (TPSA) is 29.3 Å². The second-order valence-electron chi connectivity index (χ2n) is 5.01. The summed E-state index contributed by atoms with van der Waals surface area (Å²) >= 11 is 6.06. The Morgan fingerprint density at radius 2 is 2.12 bits per heavy atom. The van der Waals surface area contributed by atoms with Gasteiger partial charge in [-0.2, -0.15) is 0 Å². The summed E-state index contributed by atoms with van der Waals surface area (Å²) in [6, 6.07) is 3.92. The van der Waals surface area contributed by atoms with Crippen molar-refractivity contribution in [3.8, 4) is 0 Å². The predicted molar refractivity (Wildman–Crippen MR) is 71.1 cm³/mol. The zero-order chi connectivity index (χ0) is 11.9. The van der Waals surface area contributed by atoms with E-state index < -0.39 is 0 Å². The van der Waals surface area contributed by atoms with Crippen LogP contribution in [0, 0.1) is 18.8 Å². The van der Waals surface area contributed by atoms with Gasteiger partial charge >= 0.3 is 0 Å². The van der Waals surface area contributed by atoms with E-state index in [0.717, 1.165) is 18.4 Å². The summed E-state index contributed by atoms with van der Waals surface area (Å²) in [5, 5.41) is 0.649. The molecule has 1 aliphatic carbocycles. The van der Waals surface area contributed by atoms with Crippen LogP contribution in [0.15, 0.2) is 12.1 Å². The molecule has 1 aliphatic rings. The lowest BCUT2D eigenvalue weighted by molar-refractivity contribution is 0.724. The Kier molecular flexibility index (Phi) is 3.02. The van der Waals surface area contributed by atoms with Gasteiger partial charge in [0.1, 0.15) is 0 Å². The van der Waals surface area contributed by atoms with Gasteiger partial charge < -0.3 is 10.6 Å². The Morgan fingerprint density at radius 1 is 1.50 bits per heavy atom. The number of nitrogen functional groups attached to an aromatic ring is 1. The number of aryl methyl sites for hydroxylation is 1. The van der Waals surface area contributed by atoms with Crippen LogP contribution in [0.2, 0.25) is 5.02 Å². The molecule has 3 heteroatoms. The first kappa shape index (κ1) is 11.6. The first-order chi connectivity index (χ1) is 7.49. The minimum Gasteiger partial charge on any atom is -0.398 e. The molecule has 1 aromatic carbocycles. The second kappa shape index (κ2) is 4.17. The van der Waals surface area contributed by atoms with Gasteiger partial charge in [0, 0.05) is 19.3 Å². The van der Waals surface area contributed by atoms with Crippen molar-refractivity contribution in [2.24, 2.45) is 11.8 Å². The zero-order valence-electron chi connectivity index (χ0n) is 10.1. The van der Waals surface area contributed by atoms with Crippen LogP contribution in [-0.2, 0) is 0 Å². The molecule has 0 amide bonds. The van der Waals surface area contributed by atoms with E-state index in [1.165, 1.54) is 17.7 Å². The molecule has 0 bridgehead atoms. The van der Waals surface area contributed by atoms with E-state index in [2.05, 4.69) is 25.8 Å². The number of hydrogen-bond acceptors (Lipinski definition) is 2. The third-order valence-electron chi connectivity index (χ3n) is 3.51. The van der Waals surface area contributed by atoms with Crippen LogP contribution in [0.4, 0.5) is 11.4 Å². The minimum absolute atomic E-state index is 0.649. The summed E-state index contributed by atoms with van der Waals surface area (Å²) in [6.07, 6.45) is 1.35. The van der Waals surface area contributed by atoms with Gasteiger partial charge in [0.15, 0.2) is 0 Å². The fourth-order valence-electron chi connectivity index (χ4n) is 2.21. The highest BCUT2D eigenvalue weighted by Gasteiger charge is 2.33. The Morgan fingerprint density at radius 3 is 2.69 bits per heavy atom. The molecular weight excluding hydrogens is 220 g/mol. The quantitative estimate of drug-likeness (QED) is 0.819. The smallest absolute Gasteiger partial charge is 0.0656 e. The van der Waals surface area contributed by atoms with Crippen molar-refractivity contribution in [1.29, 1.82) is 0 Å². The van der Waals surface area contributed by atoms with E-state index in [9.17, 15) is 0 Å². The molecule has 2 atom stereocenters. The van der Waals surface area contributed by atoms with Crippen molar-refractivity contribution in [3.63, 3.8) is 0 Å². The van der Waals surface area contributed by atoms with Crippen molar-refractivity contribution < 1.29 is 0 Å². The van der Waals surface area contributed by atoms with Crippen LogP contribution in [0.5, 0.6) is 0 Å². The number of nitrogens with zero attached hydrogens (tertiary/aromatic N) is 1. The molecule has 2 N–H and O–H groups in total. The lowest BCUT2D eigenvalue weighted by Crippen LogP contribution is -2.21. The van der Waals surface area contributed by atoms with Crippen LogP contribution < -0.4 is 10.6 Å². The van der Waals surface area contributed by atoms with Gasteiger partial charge in [0.2, 0.25) is 0 Å². The van der Waals surface area contributed by atoms with Crippen LogP contribution >= 0.6 is 11.6 Å². The number of halogens is 1. The van der Waals surface area contributed by atoms with Crippen molar-refractivity contribution in [3.05, 3.63) is 22.7 Å². The van der Waals surface area contributed by atoms with Crippen LogP contribution in [0.25, 0.3) is 0 Å². The van der Waals surface area contributed by atoms with Crippen LogP contribution in [-0.4, -0.2) is 13.6 Å². The molecule has 0 radical (unpaired) electrons. The molecule has 0 saturated heterocycles. The fourth-order valence-corrected chi connectivity index (χ4v) is 2.37. The van der Waals surface area contributed by atoms with E-state index in [4.69, 9.17) is 17.3 Å². The summed E-state index contributed by atoms with van der Waals surface area (Å²) < 4.78 is 0. The summed E-state index contributed by atoms with van der Waals surface area (Å²) in [7, 11) is 2.12. The van der Waals surface area contributed by atoms with Crippen LogP contribution in [0.1, 0.15) is 18.9 Å². The largest absolute Gasteiger partial charge is 0.398 e. The normalized spacial score (nSPS) is 23.2. The van der Waals surface area contributed by atoms with E-state index in [1.54, 1.807) is 0 Å². The van der Waals surface area contributed by atoms with Gasteiger partial charge in [-0.3, -0.25) is 0 Å². The van der Waals surface area contributed by atoms with Crippen molar-refractivity contribution in [2.75, 3.05) is 24.2 Å². The van der Waals surface area contributed by atoms with E-state index in [0.29, 0.717) is 10.7 Å². The second-order valence-corrected chi connectivity index (χ2v) is 5.42. The molecule has 1 aromatic rings. The van der Waals surface area contributed by atoms with Gasteiger partial charge in [0.25, 0.3) is 0 Å². The molecule has 0 spiro atoms. The van der Waals surface area contributed by atoms with Crippen molar-refractivity contribution >= 4 is 23.0 Å². The zero-order valence-corrected chi connectivity index (χ0v) is 10.9. The average Bonchev–Trinajstić information content (AvgIpc) is 2.87. The third-order valence-corrected chi connectivity index (χ3v) is 3.84. The Bertz CT molecular complexity index is 403. The molecule has 2 unspecified atom stereocenters. The van der Waals surface area contributed by atoms with Gasteiger partial charge in [-0.15, -0.1) is 0 Å². The highest BCUT2D eigenvalue weighted by atomic mass is 35.5. The van der Waals surface area contributed by atoms with E-state index in [1.807, 2.05) is 12.1 Å². The lowest BCUT2D eigenvalue weighted by atomic mass is 10.1. The Hall–Kier alpha value is -0.890. The molecule has 2 nitrogen and oxygen atoms in total. The highest BCUT2D eigenvalue weighted by Crippen LogP contribution is 2.39. The summed E-state index contributed by atoms with van der Waals surface area (Å²) in [5.74, 6) is 1.73. The number of nitrogens with two attached hydrogens (primary N) is 1. The summed E-state index contributed by atoms with van der Waals surface area (Å²) in [6.45, 7) is 5.50. The average molecular weight is 239 g/mol. The Labute approximate surface area is 102 Å². The molecule has 0 aromatic heterocycles. The molecule has 1 fully saturated rings. The molecule has 16 heavy (non-hydrogen) atoms. The lowest BCUT2D eigenvalue weighted by Gasteiger charge is -2.22. The fraction of sp³-hybridized carbons (Fsp3) is 0.538. The van der Waals surface area contributed by atoms with Crippen molar-refractivity contribution in [1.82, 2.24) is 0 Å². The van der Waals surface area contributed by atoms with E-state index in [-0.39, 0.29) is 0 Å². The van der Waals surface area contributed by atoms with Gasteiger partial charge in [-0.25, -0.2) is 0 Å². The number of benzene rings is 1. The first-order valence-corrected chi connectivity index (χ1v) is 6.13. The van der Waals surface area contributed by atoms with Gasteiger partial charge in [0.05, 0.1) is 10.7 Å². The van der Waals surface area contributed by atoms with Gasteiger partial charge in [-0.1, -0.05) is 18.5 Å². The minimum atomic E-state index is 0.649. The van der Waals surface area contributed by atoms with Crippen LogP contribution in [0.3, 0.4) is 0 Å². The molecule has 0 aliphatic heterocycles. The summed E-state index contributed by atoms with van der Waals surface area (Å²) in [4.78, 5) is 2.29. The maximum absolute atomic E-state index is 6.06. The molecule has 2 rings (SSSR count). The molecule has 88 valence electrons. The number of anilines is 2. The number of rotatable bonds is 3. The monoisotopic (exact) mass is 238 g/mol. The van der Waals surface area contributed by atoms with Gasteiger partial charge in [-0.05, 0) is 42.9 Å². The third kappa shape index (κ3) is 2.27. The maximum Gasteiger partial charge on any atom is 0.0656 e. The molecule has 1 saturated carbocycles.